The SMILES string of the molecule is Cc1ccc2c(c1)c1cc(C)ccc1n2C1=CC2C(C=C1)c1ccc(-c3ccc4c(c3)C(C)(C)c3cc(-n5c6ccc(C)cc6c6cc(C)ccc65)ccc3-4)cc1N2c1ccccc1. The number of nitrogens with zero attached hydrogens (tertiary/aromatic N) is 3. The summed E-state index contributed by atoms with van der Waals surface area (Å²) < 4.78 is 4.94. The van der Waals surface area contributed by atoms with Crippen molar-refractivity contribution < 1.29 is 0 Å². The second-order valence-corrected chi connectivity index (χ2v) is 19.3. The average molecular weight is 824 g/mol. The molecule has 13 rings (SSSR count). The van der Waals surface area contributed by atoms with Crippen molar-refractivity contribution in [3.05, 3.63) is 215 Å². The van der Waals surface area contributed by atoms with Crippen molar-refractivity contribution in [2.45, 2.75) is 58.9 Å². The Labute approximate surface area is 374 Å². The van der Waals surface area contributed by atoms with Crippen LogP contribution < -0.4 is 4.90 Å². The molecule has 0 amide bonds. The number of para-hydroxylation sites is 1. The highest BCUT2D eigenvalue weighted by molar-refractivity contribution is 6.11. The first-order chi connectivity index (χ1) is 31.1. The quantitative estimate of drug-likeness (QED) is 0.172. The molecule has 1 aliphatic heterocycles. The summed E-state index contributed by atoms with van der Waals surface area (Å²) in [5.41, 5.74) is 24.2. The summed E-state index contributed by atoms with van der Waals surface area (Å²) >= 11 is 0. The number of hydrogen-bond acceptors (Lipinski definition) is 1. The number of rotatable bonds is 4. The van der Waals surface area contributed by atoms with Crippen LogP contribution in [0.1, 0.15) is 58.7 Å². The highest BCUT2D eigenvalue weighted by Gasteiger charge is 2.40. The van der Waals surface area contributed by atoms with Gasteiger partial charge in [0.1, 0.15) is 0 Å². The lowest BCUT2D eigenvalue weighted by atomic mass is 9.81. The lowest BCUT2D eigenvalue weighted by molar-refractivity contribution is 0.660. The van der Waals surface area contributed by atoms with Crippen LogP contribution in [0.4, 0.5) is 11.4 Å². The Morgan fingerprint density at radius 3 is 1.56 bits per heavy atom. The van der Waals surface area contributed by atoms with Gasteiger partial charge in [-0.1, -0.05) is 115 Å². The van der Waals surface area contributed by atoms with Gasteiger partial charge in [0.25, 0.3) is 0 Å². The first-order valence-corrected chi connectivity index (χ1v) is 22.8. The van der Waals surface area contributed by atoms with Gasteiger partial charge in [-0.25, -0.2) is 0 Å². The molecule has 0 saturated carbocycles. The van der Waals surface area contributed by atoms with Crippen LogP contribution in [0.25, 0.3) is 77.2 Å². The molecule has 0 radical (unpaired) electrons. The Balaban J connectivity index is 0.899. The molecule has 3 aliphatic rings. The second kappa shape index (κ2) is 13.3. The maximum absolute atomic E-state index is 2.58. The second-order valence-electron chi connectivity index (χ2n) is 19.3. The predicted octanol–water partition coefficient (Wildman–Crippen LogP) is 15.8. The van der Waals surface area contributed by atoms with E-state index in [1.54, 1.807) is 0 Å². The lowest BCUT2D eigenvalue weighted by Crippen LogP contribution is -2.29. The smallest absolute Gasteiger partial charge is 0.0649 e. The van der Waals surface area contributed by atoms with E-state index in [1.807, 2.05) is 0 Å². The third-order valence-corrected chi connectivity index (χ3v) is 14.8. The van der Waals surface area contributed by atoms with Gasteiger partial charge in [-0.15, -0.1) is 0 Å². The van der Waals surface area contributed by atoms with Crippen LogP contribution in [0.15, 0.2) is 176 Å². The van der Waals surface area contributed by atoms with E-state index in [4.69, 9.17) is 0 Å². The molecule has 0 bridgehead atoms. The van der Waals surface area contributed by atoms with Crippen LogP contribution in [0.2, 0.25) is 0 Å². The molecule has 0 fully saturated rings. The molecule has 3 heterocycles. The largest absolute Gasteiger partial charge is 0.333 e. The van der Waals surface area contributed by atoms with Crippen molar-refractivity contribution >= 4 is 60.7 Å². The van der Waals surface area contributed by atoms with E-state index < -0.39 is 0 Å². The van der Waals surface area contributed by atoms with E-state index in [1.165, 1.54) is 128 Å². The summed E-state index contributed by atoms with van der Waals surface area (Å²) in [6.07, 6.45) is 7.33. The number of anilines is 2. The summed E-state index contributed by atoms with van der Waals surface area (Å²) in [4.78, 5) is 2.58. The summed E-state index contributed by atoms with van der Waals surface area (Å²) in [5, 5.41) is 5.24. The number of allylic oxidation sites excluding steroid dienone is 2. The van der Waals surface area contributed by atoms with Crippen LogP contribution in [-0.2, 0) is 5.41 Å². The summed E-state index contributed by atoms with van der Waals surface area (Å²) in [7, 11) is 0. The topological polar surface area (TPSA) is 13.1 Å². The van der Waals surface area contributed by atoms with Gasteiger partial charge in [0.15, 0.2) is 0 Å². The molecule has 2 aliphatic carbocycles. The molecule has 308 valence electrons. The monoisotopic (exact) mass is 823 g/mol. The van der Waals surface area contributed by atoms with E-state index in [0.717, 1.165) is 0 Å². The molecule has 3 heteroatoms. The minimum atomic E-state index is -0.180. The Morgan fingerprint density at radius 1 is 0.453 bits per heavy atom. The first-order valence-electron chi connectivity index (χ1n) is 22.8. The molecule has 0 saturated heterocycles. The fraction of sp³-hybridized carbons (Fsp3) is 0.148. The molecule has 2 atom stereocenters. The first kappa shape index (κ1) is 37.2. The van der Waals surface area contributed by atoms with Gasteiger partial charge >= 0.3 is 0 Å². The maximum Gasteiger partial charge on any atom is 0.0649 e. The van der Waals surface area contributed by atoms with Crippen LogP contribution in [0.3, 0.4) is 0 Å². The number of aromatic nitrogens is 2. The van der Waals surface area contributed by atoms with Gasteiger partial charge in [0.05, 0.1) is 28.1 Å². The minimum Gasteiger partial charge on any atom is -0.333 e. The molecule has 0 N–H and O–H groups in total. The molecule has 0 spiro atoms. The Hall–Kier alpha value is -7.36. The maximum atomic E-state index is 2.58. The van der Waals surface area contributed by atoms with Crippen molar-refractivity contribution in [2.24, 2.45) is 0 Å². The molecule has 2 unspecified atom stereocenters. The van der Waals surface area contributed by atoms with Gasteiger partial charge in [-0.2, -0.15) is 0 Å². The standard InChI is InChI=1S/C61H49N3/c1-36-12-24-55-49(28-36)50-29-37(2)13-25-56(50)63(55)43-18-22-46-45-20-16-40(32-53(45)61(5,6)54(46)34-43)41-17-21-47-48-23-19-44(35-60(48)62(59(47)33-41)42-10-8-7-9-11-42)64-57-26-14-38(3)30-51(57)52-31-39(4)15-27-58(52)64/h7-35,48,60H,1-6H3. The van der Waals surface area contributed by atoms with E-state index in [-0.39, 0.29) is 17.4 Å². The fourth-order valence-corrected chi connectivity index (χ4v) is 11.7. The van der Waals surface area contributed by atoms with Crippen LogP contribution in [0.5, 0.6) is 0 Å². The van der Waals surface area contributed by atoms with Crippen LogP contribution >= 0.6 is 0 Å². The van der Waals surface area contributed by atoms with Crippen molar-refractivity contribution in [3.63, 3.8) is 0 Å². The molecule has 3 nitrogen and oxygen atoms in total. The van der Waals surface area contributed by atoms with Crippen LogP contribution in [-0.4, -0.2) is 15.2 Å². The zero-order valence-electron chi connectivity index (χ0n) is 37.2. The zero-order valence-corrected chi connectivity index (χ0v) is 37.2. The van der Waals surface area contributed by atoms with Crippen molar-refractivity contribution in [1.82, 2.24) is 9.13 Å². The van der Waals surface area contributed by atoms with Crippen molar-refractivity contribution in [3.8, 4) is 27.9 Å². The Bertz CT molecular complexity index is 3580. The molecule has 8 aromatic carbocycles. The Morgan fingerprint density at radius 2 is 0.969 bits per heavy atom. The lowest BCUT2D eigenvalue weighted by Gasteiger charge is -2.30. The van der Waals surface area contributed by atoms with Gasteiger partial charge in [-0.05, 0) is 164 Å². The normalized spacial score (nSPS) is 17.0. The van der Waals surface area contributed by atoms with E-state index >= 15 is 0 Å². The van der Waals surface area contributed by atoms with Crippen molar-refractivity contribution in [2.75, 3.05) is 4.90 Å². The third kappa shape index (κ3) is 5.27. The third-order valence-electron chi connectivity index (χ3n) is 14.8. The summed E-state index contributed by atoms with van der Waals surface area (Å²) in [5.74, 6) is 0.232. The average Bonchev–Trinajstić information content (AvgIpc) is 3.98. The number of hydrogen-bond donors (Lipinski definition) is 0. The van der Waals surface area contributed by atoms with Gasteiger partial charge in [0, 0.05) is 55.6 Å². The number of benzene rings is 8. The fourth-order valence-electron chi connectivity index (χ4n) is 11.7. The number of aryl methyl sites for hydroxylation is 4. The van der Waals surface area contributed by atoms with E-state index in [9.17, 15) is 0 Å². The van der Waals surface area contributed by atoms with E-state index in [0.29, 0.717) is 0 Å². The zero-order chi connectivity index (χ0) is 43.2. The van der Waals surface area contributed by atoms with Crippen molar-refractivity contribution in [1.29, 1.82) is 0 Å². The minimum absolute atomic E-state index is 0.126. The van der Waals surface area contributed by atoms with Gasteiger partial charge < -0.3 is 14.0 Å². The van der Waals surface area contributed by atoms with Gasteiger partial charge in [-0.3, -0.25) is 0 Å². The Kier molecular flexibility index (Phi) is 7.75. The molecular formula is C61H49N3. The molecule has 64 heavy (non-hydrogen) atoms. The van der Waals surface area contributed by atoms with E-state index in [2.05, 4.69) is 232 Å². The molecule has 2 aromatic heterocycles. The highest BCUT2D eigenvalue weighted by atomic mass is 15.2. The molecular weight excluding hydrogens is 775 g/mol. The summed E-state index contributed by atoms with van der Waals surface area (Å²) in [6, 6.07) is 60.2. The van der Waals surface area contributed by atoms with Gasteiger partial charge in [0.2, 0.25) is 0 Å². The number of fused-ring (bicyclic) bond motifs is 12. The molecule has 10 aromatic rings. The predicted molar refractivity (Wildman–Crippen MR) is 271 cm³/mol. The van der Waals surface area contributed by atoms with Crippen LogP contribution in [0, 0.1) is 27.7 Å². The summed E-state index contributed by atoms with van der Waals surface area (Å²) in [6.45, 7) is 13.6. The highest BCUT2D eigenvalue weighted by Crippen LogP contribution is 2.53.